The van der Waals surface area contributed by atoms with Gasteiger partial charge in [0.05, 0.1) is 22.7 Å². The molecule has 0 spiro atoms. The number of ether oxygens (including phenoxy) is 1. The fraction of sp³-hybridized carbons (Fsp3) is 0.245. The number of fused-ring (bicyclic) bond motifs is 4. The van der Waals surface area contributed by atoms with E-state index in [4.69, 9.17) is 9.72 Å². The summed E-state index contributed by atoms with van der Waals surface area (Å²) < 4.78 is 13.7. The molecule has 8 aromatic rings. The number of halogens is 1. The van der Waals surface area contributed by atoms with Crippen LogP contribution in [0.4, 0.5) is 0 Å². The molecule has 6 nitrogen and oxygen atoms in total. The first-order valence-electron chi connectivity index (χ1n) is 19.4. The lowest BCUT2D eigenvalue weighted by molar-refractivity contribution is -0.569. The van der Waals surface area contributed by atoms with E-state index in [9.17, 15) is 5.26 Å². The zero-order valence-corrected chi connectivity index (χ0v) is 34.1. The summed E-state index contributed by atoms with van der Waals surface area (Å²) in [6, 6.07) is 42.6. The fourth-order valence-electron chi connectivity index (χ4n) is 7.94. The van der Waals surface area contributed by atoms with Crippen molar-refractivity contribution in [1.29, 1.82) is 5.26 Å². The number of benzene rings is 5. The Bertz CT molecular complexity index is 2730. The van der Waals surface area contributed by atoms with Crippen LogP contribution in [0.15, 0.2) is 128 Å². The normalized spacial score (nSPS) is 11.8. The average molecular weight is 759 g/mol. The van der Waals surface area contributed by atoms with Crippen LogP contribution in [0.25, 0.3) is 50.0 Å². The molecule has 0 N–H and O–H groups in total. The molecular formula is C49H49ClN5O+. The Labute approximate surface area is 336 Å². The minimum atomic E-state index is -0.0126. The van der Waals surface area contributed by atoms with Crippen LogP contribution in [0.2, 0.25) is 0 Å². The van der Waals surface area contributed by atoms with Crippen molar-refractivity contribution < 1.29 is 9.30 Å². The molecule has 0 radical (unpaired) electrons. The summed E-state index contributed by atoms with van der Waals surface area (Å²) in [5.74, 6) is 3.23. The molecule has 282 valence electrons. The maximum Gasteiger partial charge on any atom is 0.255 e. The summed E-state index contributed by atoms with van der Waals surface area (Å²) in [5.41, 5.74) is 10.7. The zero-order valence-electron chi connectivity index (χ0n) is 33.2. The van der Waals surface area contributed by atoms with Crippen molar-refractivity contribution in [2.75, 3.05) is 0 Å². The molecule has 0 saturated carbocycles. The van der Waals surface area contributed by atoms with E-state index in [1.165, 1.54) is 22.1 Å². The Kier molecular flexibility index (Phi) is 10.5. The monoisotopic (exact) mass is 758 g/mol. The standard InChI is InChI=1S/C49H48N5O.ClH/c1-32(2)24-35-26-34(30-50)27-36(25-33(3)4)48(35)53-31-52(42-16-10-11-17-43(42)53)44-18-12-13-19-46(44)55-38-20-21-40-39-14-8-9-15-41(39)54(45(40)29-38)47-28-37(22-23-51-47)49(5,6)7;/h8-23,26-29,31-33H,24-25H2,1-7H3;1H/q+1;. The van der Waals surface area contributed by atoms with E-state index in [0.29, 0.717) is 17.4 Å². The molecule has 0 atom stereocenters. The second-order valence-electron chi connectivity index (χ2n) is 16.5. The third kappa shape index (κ3) is 7.16. The summed E-state index contributed by atoms with van der Waals surface area (Å²) in [6.07, 6.45) is 5.85. The molecule has 0 bridgehead atoms. The Balaban J connectivity index is 0.00000480. The number of pyridine rings is 1. The van der Waals surface area contributed by atoms with Crippen molar-refractivity contribution in [2.45, 2.75) is 66.7 Å². The van der Waals surface area contributed by atoms with Crippen LogP contribution in [-0.2, 0) is 18.3 Å². The number of rotatable bonds is 9. The topological polar surface area (TPSA) is 59.6 Å². The van der Waals surface area contributed by atoms with Gasteiger partial charge in [-0.15, -0.1) is 12.4 Å². The van der Waals surface area contributed by atoms with Crippen LogP contribution < -0.4 is 9.30 Å². The highest BCUT2D eigenvalue weighted by atomic mass is 35.5. The minimum Gasteiger partial charge on any atom is -0.453 e. The minimum absolute atomic E-state index is 0. The molecule has 5 aromatic carbocycles. The largest absolute Gasteiger partial charge is 0.453 e. The van der Waals surface area contributed by atoms with Crippen molar-refractivity contribution >= 4 is 45.2 Å². The molecule has 0 aliphatic carbocycles. The average Bonchev–Trinajstić information content (AvgIpc) is 3.70. The van der Waals surface area contributed by atoms with Crippen molar-refractivity contribution in [3.8, 4) is 34.8 Å². The second kappa shape index (κ2) is 15.3. The quantitative estimate of drug-likeness (QED) is 0.138. The first kappa shape index (κ1) is 38.4. The second-order valence-corrected chi connectivity index (χ2v) is 16.5. The summed E-state index contributed by atoms with van der Waals surface area (Å²) >= 11 is 0. The van der Waals surface area contributed by atoms with Gasteiger partial charge in [0.2, 0.25) is 0 Å². The lowest BCUT2D eigenvalue weighted by Crippen LogP contribution is -2.33. The fourth-order valence-corrected chi connectivity index (χ4v) is 7.94. The molecule has 0 saturated heterocycles. The molecule has 0 unspecified atom stereocenters. The Morgan fingerprint density at radius 2 is 1.38 bits per heavy atom. The highest BCUT2D eigenvalue weighted by Crippen LogP contribution is 2.37. The van der Waals surface area contributed by atoms with Gasteiger partial charge >= 0.3 is 0 Å². The van der Waals surface area contributed by atoms with Gasteiger partial charge in [0.25, 0.3) is 6.33 Å². The Morgan fingerprint density at radius 3 is 2.07 bits per heavy atom. The highest BCUT2D eigenvalue weighted by Gasteiger charge is 2.27. The molecule has 0 aliphatic rings. The first-order valence-corrected chi connectivity index (χ1v) is 19.4. The molecule has 8 rings (SSSR count). The molecule has 0 amide bonds. The van der Waals surface area contributed by atoms with Gasteiger partial charge in [0.15, 0.2) is 22.5 Å². The lowest BCUT2D eigenvalue weighted by atomic mass is 9.88. The van der Waals surface area contributed by atoms with Gasteiger partial charge in [-0.1, -0.05) is 90.9 Å². The first-order chi connectivity index (χ1) is 26.5. The molecular weight excluding hydrogens is 710 g/mol. The Morgan fingerprint density at radius 1 is 0.732 bits per heavy atom. The van der Waals surface area contributed by atoms with Crippen LogP contribution in [-0.4, -0.2) is 14.1 Å². The number of aromatic nitrogens is 4. The van der Waals surface area contributed by atoms with Gasteiger partial charge in [-0.3, -0.25) is 4.57 Å². The van der Waals surface area contributed by atoms with Gasteiger partial charge in [-0.25, -0.2) is 4.98 Å². The number of nitriles is 1. The van der Waals surface area contributed by atoms with Gasteiger partial charge in [-0.2, -0.15) is 14.4 Å². The molecule has 0 fully saturated rings. The number of nitrogens with zero attached hydrogens (tertiary/aromatic N) is 5. The van der Waals surface area contributed by atoms with Gasteiger partial charge in [0, 0.05) is 34.2 Å². The van der Waals surface area contributed by atoms with Crippen LogP contribution in [0, 0.1) is 23.2 Å². The van der Waals surface area contributed by atoms with E-state index >= 15 is 0 Å². The molecule has 7 heteroatoms. The molecule has 3 heterocycles. The van der Waals surface area contributed by atoms with E-state index in [0.717, 1.165) is 69.0 Å². The summed E-state index contributed by atoms with van der Waals surface area (Å²) in [6.45, 7) is 15.7. The van der Waals surface area contributed by atoms with Gasteiger partial charge < -0.3 is 4.74 Å². The summed E-state index contributed by atoms with van der Waals surface area (Å²) in [4.78, 5) is 4.87. The predicted molar refractivity (Wildman–Crippen MR) is 231 cm³/mol. The summed E-state index contributed by atoms with van der Waals surface area (Å²) in [7, 11) is 0. The smallest absolute Gasteiger partial charge is 0.255 e. The van der Waals surface area contributed by atoms with E-state index in [2.05, 4.69) is 178 Å². The number of para-hydroxylation sites is 5. The van der Waals surface area contributed by atoms with Crippen LogP contribution >= 0.6 is 12.4 Å². The van der Waals surface area contributed by atoms with Crippen molar-refractivity contribution in [2.24, 2.45) is 11.8 Å². The molecule has 3 aromatic heterocycles. The van der Waals surface area contributed by atoms with Gasteiger partial charge in [0.1, 0.15) is 17.3 Å². The zero-order chi connectivity index (χ0) is 38.4. The van der Waals surface area contributed by atoms with E-state index < -0.39 is 0 Å². The van der Waals surface area contributed by atoms with Crippen LogP contribution in [0.3, 0.4) is 0 Å². The number of hydrogen-bond acceptors (Lipinski definition) is 3. The van der Waals surface area contributed by atoms with E-state index in [1.54, 1.807) is 0 Å². The third-order valence-corrected chi connectivity index (χ3v) is 10.4. The number of imidazole rings is 1. The van der Waals surface area contributed by atoms with E-state index in [-0.39, 0.29) is 17.8 Å². The SMILES string of the molecule is CC(C)Cc1cc(C#N)cc(CC(C)C)c1-[n+]1cn(-c2ccccc2Oc2ccc3c4ccccc4n(-c4cc(C(C)(C)C)ccn4)c3c2)c2ccccc21.Cl. The lowest BCUT2D eigenvalue weighted by Gasteiger charge is -2.20. The maximum absolute atomic E-state index is 10.0. The molecule has 0 aliphatic heterocycles. The van der Waals surface area contributed by atoms with Crippen molar-refractivity contribution in [3.63, 3.8) is 0 Å². The maximum atomic E-state index is 10.0. The number of hydrogen-bond donors (Lipinski definition) is 0. The van der Waals surface area contributed by atoms with Crippen LogP contribution in [0.5, 0.6) is 11.5 Å². The molecule has 56 heavy (non-hydrogen) atoms. The van der Waals surface area contributed by atoms with Crippen molar-refractivity contribution in [1.82, 2.24) is 14.1 Å². The third-order valence-electron chi connectivity index (χ3n) is 10.4. The highest BCUT2D eigenvalue weighted by molar-refractivity contribution is 6.09. The summed E-state index contributed by atoms with van der Waals surface area (Å²) in [5, 5.41) is 12.3. The van der Waals surface area contributed by atoms with Gasteiger partial charge in [-0.05, 0) is 102 Å². The van der Waals surface area contributed by atoms with E-state index in [1.807, 2.05) is 18.3 Å². The Hall–Kier alpha value is -5.90. The van der Waals surface area contributed by atoms with Crippen LogP contribution in [0.1, 0.15) is 70.7 Å². The van der Waals surface area contributed by atoms with Crippen molar-refractivity contribution in [3.05, 3.63) is 150 Å². The predicted octanol–water partition coefficient (Wildman–Crippen LogP) is 12.2.